The van der Waals surface area contributed by atoms with Gasteiger partial charge in [-0.15, -0.1) is 5.10 Å². The van der Waals surface area contributed by atoms with Crippen LogP contribution in [0.3, 0.4) is 0 Å². The highest BCUT2D eigenvalue weighted by molar-refractivity contribution is 5.88. The second-order valence-electron chi connectivity index (χ2n) is 3.97. The lowest BCUT2D eigenvalue weighted by Crippen LogP contribution is -2.12. The smallest absolute Gasteiger partial charge is 0.335 e. The van der Waals surface area contributed by atoms with Gasteiger partial charge in [-0.3, -0.25) is 4.79 Å². The van der Waals surface area contributed by atoms with Crippen LogP contribution in [-0.2, 0) is 16.0 Å². The zero-order valence-electron chi connectivity index (χ0n) is 10.8. The molecule has 0 unspecified atom stereocenters. The summed E-state index contributed by atoms with van der Waals surface area (Å²) in [5, 5.41) is 16.6. The fourth-order valence-corrected chi connectivity index (χ4v) is 1.72. The summed E-state index contributed by atoms with van der Waals surface area (Å²) < 4.78 is 6.29. The molecule has 0 atom stereocenters. The van der Waals surface area contributed by atoms with Crippen molar-refractivity contribution in [2.75, 3.05) is 6.61 Å². The van der Waals surface area contributed by atoms with Crippen LogP contribution in [0.25, 0.3) is 5.69 Å². The van der Waals surface area contributed by atoms with Crippen LogP contribution in [0.1, 0.15) is 23.0 Å². The number of rotatable bonds is 5. The molecule has 0 fully saturated rings. The number of aromatic nitrogens is 3. The number of carboxylic acid groups (broad SMARTS) is 1. The average molecular weight is 275 g/mol. The van der Waals surface area contributed by atoms with Gasteiger partial charge in [-0.05, 0) is 25.1 Å². The quantitative estimate of drug-likeness (QED) is 0.820. The summed E-state index contributed by atoms with van der Waals surface area (Å²) in [6.45, 7) is 2.03. The summed E-state index contributed by atoms with van der Waals surface area (Å²) in [5.41, 5.74) is 1.20. The molecule has 0 spiro atoms. The van der Waals surface area contributed by atoms with E-state index in [1.807, 2.05) is 0 Å². The number of carbonyl (C=O) groups is 2. The fraction of sp³-hybridized carbons (Fsp3) is 0.231. The molecular weight excluding hydrogens is 262 g/mol. The second kappa shape index (κ2) is 5.96. The Balaban J connectivity index is 2.30. The first-order valence-electron chi connectivity index (χ1n) is 6.00. The first-order valence-corrected chi connectivity index (χ1v) is 6.00. The van der Waals surface area contributed by atoms with E-state index in [1.54, 1.807) is 19.1 Å². The van der Waals surface area contributed by atoms with Crippen molar-refractivity contribution < 1.29 is 19.4 Å². The summed E-state index contributed by atoms with van der Waals surface area (Å²) in [6, 6.07) is 6.24. The number of aromatic carboxylic acids is 1. The van der Waals surface area contributed by atoms with Crippen molar-refractivity contribution in [1.82, 2.24) is 15.0 Å². The number of nitrogens with zero attached hydrogens (tertiary/aromatic N) is 3. The first kappa shape index (κ1) is 13.7. The Hall–Kier alpha value is -2.70. The molecule has 0 amide bonds. The molecule has 20 heavy (non-hydrogen) atoms. The van der Waals surface area contributed by atoms with E-state index < -0.39 is 5.97 Å². The van der Waals surface area contributed by atoms with Crippen LogP contribution in [0.4, 0.5) is 0 Å². The van der Waals surface area contributed by atoms with E-state index >= 15 is 0 Å². The van der Waals surface area contributed by atoms with Crippen molar-refractivity contribution in [3.63, 3.8) is 0 Å². The molecule has 0 aliphatic carbocycles. The lowest BCUT2D eigenvalue weighted by molar-refractivity contribution is -0.142. The lowest BCUT2D eigenvalue weighted by atomic mass is 10.2. The van der Waals surface area contributed by atoms with Crippen LogP contribution in [0, 0.1) is 0 Å². The van der Waals surface area contributed by atoms with Gasteiger partial charge in [0, 0.05) is 0 Å². The van der Waals surface area contributed by atoms with Crippen LogP contribution in [0.5, 0.6) is 0 Å². The number of hydrogen-bond acceptors (Lipinski definition) is 5. The predicted molar refractivity (Wildman–Crippen MR) is 68.7 cm³/mol. The Morgan fingerprint density at radius 3 is 2.90 bits per heavy atom. The van der Waals surface area contributed by atoms with Crippen LogP contribution >= 0.6 is 0 Å². The van der Waals surface area contributed by atoms with Crippen molar-refractivity contribution in [3.8, 4) is 5.69 Å². The van der Waals surface area contributed by atoms with E-state index in [0.29, 0.717) is 18.0 Å². The molecule has 104 valence electrons. The number of ether oxygens (including phenoxy) is 1. The molecule has 1 N–H and O–H groups in total. The van der Waals surface area contributed by atoms with E-state index in [1.165, 1.54) is 23.0 Å². The highest BCUT2D eigenvalue weighted by atomic mass is 16.5. The Kier molecular flexibility index (Phi) is 4.09. The van der Waals surface area contributed by atoms with Crippen molar-refractivity contribution in [3.05, 3.63) is 41.7 Å². The summed E-state index contributed by atoms with van der Waals surface area (Å²) >= 11 is 0. The normalized spacial score (nSPS) is 10.2. The number of carbonyl (C=O) groups excluding carboxylic acids is 1. The van der Waals surface area contributed by atoms with Gasteiger partial charge >= 0.3 is 11.9 Å². The molecule has 0 aliphatic rings. The third-order valence-electron chi connectivity index (χ3n) is 2.59. The molecule has 0 bridgehead atoms. The van der Waals surface area contributed by atoms with E-state index in [4.69, 9.17) is 9.84 Å². The summed E-state index contributed by atoms with van der Waals surface area (Å²) in [7, 11) is 0. The van der Waals surface area contributed by atoms with Crippen molar-refractivity contribution >= 4 is 11.9 Å². The van der Waals surface area contributed by atoms with Gasteiger partial charge in [-0.2, -0.15) is 0 Å². The first-order chi connectivity index (χ1) is 9.61. The van der Waals surface area contributed by atoms with Gasteiger partial charge in [-0.25, -0.2) is 9.48 Å². The van der Waals surface area contributed by atoms with Crippen molar-refractivity contribution in [2.24, 2.45) is 0 Å². The van der Waals surface area contributed by atoms with Gasteiger partial charge in [0.05, 0.1) is 36.2 Å². The zero-order valence-corrected chi connectivity index (χ0v) is 10.8. The third kappa shape index (κ3) is 3.00. The standard InChI is InChI=1S/C13H13N3O4/c1-2-20-12(17)7-11-8-14-15-16(11)10-5-3-4-9(6-10)13(18)19/h3-6,8H,2,7H2,1H3,(H,18,19). The van der Waals surface area contributed by atoms with E-state index in [-0.39, 0.29) is 18.0 Å². The molecule has 1 heterocycles. The number of esters is 1. The van der Waals surface area contributed by atoms with Crippen molar-refractivity contribution in [1.29, 1.82) is 0 Å². The topological polar surface area (TPSA) is 94.3 Å². The minimum absolute atomic E-state index is 0.0259. The van der Waals surface area contributed by atoms with E-state index in [0.717, 1.165) is 0 Å². The van der Waals surface area contributed by atoms with E-state index in [9.17, 15) is 9.59 Å². The van der Waals surface area contributed by atoms with Gasteiger partial charge in [-0.1, -0.05) is 11.3 Å². The monoisotopic (exact) mass is 275 g/mol. The van der Waals surface area contributed by atoms with Crippen LogP contribution in [-0.4, -0.2) is 38.6 Å². The van der Waals surface area contributed by atoms with Gasteiger partial charge in [0.1, 0.15) is 0 Å². The SMILES string of the molecule is CCOC(=O)Cc1cnnn1-c1cccc(C(=O)O)c1. The van der Waals surface area contributed by atoms with Gasteiger partial charge in [0.25, 0.3) is 0 Å². The van der Waals surface area contributed by atoms with Gasteiger partial charge in [0.2, 0.25) is 0 Å². The lowest BCUT2D eigenvalue weighted by Gasteiger charge is -2.06. The second-order valence-corrected chi connectivity index (χ2v) is 3.97. The molecule has 0 saturated heterocycles. The molecule has 0 saturated carbocycles. The Morgan fingerprint density at radius 1 is 1.40 bits per heavy atom. The molecule has 7 heteroatoms. The number of hydrogen-bond donors (Lipinski definition) is 1. The Labute approximate surface area is 114 Å². The molecule has 1 aromatic carbocycles. The average Bonchev–Trinajstić information content (AvgIpc) is 2.87. The Bertz CT molecular complexity index is 636. The summed E-state index contributed by atoms with van der Waals surface area (Å²) in [4.78, 5) is 22.4. The van der Waals surface area contributed by atoms with Gasteiger partial charge in [0.15, 0.2) is 0 Å². The largest absolute Gasteiger partial charge is 0.478 e. The molecular formula is C13H13N3O4. The molecule has 1 aromatic heterocycles. The summed E-state index contributed by atoms with van der Waals surface area (Å²) in [5.74, 6) is -1.41. The predicted octanol–water partition coefficient (Wildman–Crippen LogP) is 1.07. The van der Waals surface area contributed by atoms with Crippen LogP contribution < -0.4 is 0 Å². The Morgan fingerprint density at radius 2 is 2.20 bits per heavy atom. The minimum Gasteiger partial charge on any atom is -0.478 e. The van der Waals surface area contributed by atoms with Crippen LogP contribution in [0.2, 0.25) is 0 Å². The number of benzene rings is 1. The molecule has 0 aliphatic heterocycles. The van der Waals surface area contributed by atoms with Crippen molar-refractivity contribution in [2.45, 2.75) is 13.3 Å². The maximum Gasteiger partial charge on any atom is 0.335 e. The molecule has 2 rings (SSSR count). The number of carboxylic acids is 1. The highest BCUT2D eigenvalue weighted by Gasteiger charge is 2.13. The van der Waals surface area contributed by atoms with E-state index in [2.05, 4.69) is 10.3 Å². The molecule has 7 nitrogen and oxygen atoms in total. The van der Waals surface area contributed by atoms with Gasteiger partial charge < -0.3 is 9.84 Å². The minimum atomic E-state index is -1.03. The zero-order chi connectivity index (χ0) is 14.5. The summed E-state index contributed by atoms with van der Waals surface area (Å²) in [6.07, 6.45) is 1.47. The third-order valence-corrected chi connectivity index (χ3v) is 2.59. The molecule has 2 aromatic rings. The van der Waals surface area contributed by atoms with Crippen LogP contribution in [0.15, 0.2) is 30.5 Å². The molecule has 0 radical (unpaired) electrons. The highest BCUT2D eigenvalue weighted by Crippen LogP contribution is 2.12. The maximum atomic E-state index is 11.5. The fourth-order valence-electron chi connectivity index (χ4n) is 1.72. The maximum absolute atomic E-state index is 11.5.